The second-order valence-corrected chi connectivity index (χ2v) is 2.46. The number of nitrogens with one attached hydrogen (secondary N) is 1. The summed E-state index contributed by atoms with van der Waals surface area (Å²) in [6, 6.07) is 4.95. The molecule has 1 rings (SSSR count). The van der Waals surface area contributed by atoms with Crippen molar-refractivity contribution in [3.63, 3.8) is 0 Å². The molecule has 1 aromatic carbocycles. The molecule has 0 aliphatic heterocycles. The van der Waals surface area contributed by atoms with Gasteiger partial charge in [-0.3, -0.25) is 10.0 Å². The molecule has 4 N–H and O–H groups in total. The van der Waals surface area contributed by atoms with E-state index in [9.17, 15) is 4.79 Å². The van der Waals surface area contributed by atoms with Gasteiger partial charge in [0.05, 0.1) is 0 Å². The van der Waals surface area contributed by atoms with Crippen molar-refractivity contribution in [1.82, 2.24) is 5.48 Å². The minimum atomic E-state index is -0.542. The second kappa shape index (κ2) is 3.23. The van der Waals surface area contributed by atoms with Crippen LogP contribution in [0.2, 0.25) is 0 Å². The molecule has 12 heavy (non-hydrogen) atoms. The quantitative estimate of drug-likeness (QED) is 0.326. The number of nitrogen functional groups attached to an aromatic ring is 1. The average molecular weight is 166 g/mol. The fourth-order valence-electron chi connectivity index (χ4n) is 0.960. The molecule has 0 aromatic heterocycles. The lowest BCUT2D eigenvalue weighted by molar-refractivity contribution is 0.0705. The molecule has 0 atom stereocenters. The first-order chi connectivity index (χ1) is 5.66. The predicted molar refractivity (Wildman–Crippen MR) is 44.8 cm³/mol. The lowest BCUT2D eigenvalue weighted by atomic mass is 10.1. The van der Waals surface area contributed by atoms with E-state index in [2.05, 4.69) is 0 Å². The highest BCUT2D eigenvalue weighted by Gasteiger charge is 2.08. The molecule has 0 saturated heterocycles. The molecule has 0 spiro atoms. The van der Waals surface area contributed by atoms with E-state index in [-0.39, 0.29) is 0 Å². The maximum absolute atomic E-state index is 11.0. The Morgan fingerprint density at radius 1 is 1.58 bits per heavy atom. The molecule has 0 saturated carbocycles. The molecule has 64 valence electrons. The molecule has 0 unspecified atom stereocenters. The molecule has 0 aliphatic carbocycles. The van der Waals surface area contributed by atoms with Gasteiger partial charge >= 0.3 is 0 Å². The lowest BCUT2D eigenvalue weighted by Crippen LogP contribution is -2.20. The molecule has 0 heterocycles. The monoisotopic (exact) mass is 166 g/mol. The van der Waals surface area contributed by atoms with E-state index in [1.807, 2.05) is 0 Å². The van der Waals surface area contributed by atoms with Crippen molar-refractivity contribution in [3.8, 4) is 0 Å². The zero-order valence-electron chi connectivity index (χ0n) is 6.66. The van der Waals surface area contributed by atoms with Crippen molar-refractivity contribution < 1.29 is 10.0 Å². The van der Waals surface area contributed by atoms with Gasteiger partial charge in [-0.05, 0) is 24.6 Å². The van der Waals surface area contributed by atoms with Gasteiger partial charge in [-0.15, -0.1) is 0 Å². The molecule has 0 fully saturated rings. The minimum Gasteiger partial charge on any atom is -0.398 e. The van der Waals surface area contributed by atoms with Crippen molar-refractivity contribution in [2.45, 2.75) is 6.92 Å². The Bertz CT molecular complexity index is 310. The molecule has 1 aromatic rings. The highest BCUT2D eigenvalue weighted by molar-refractivity contribution is 5.96. The smallest absolute Gasteiger partial charge is 0.274 e. The molecule has 0 aliphatic rings. The number of hydroxylamine groups is 1. The molecule has 4 nitrogen and oxygen atoms in total. The van der Waals surface area contributed by atoms with Gasteiger partial charge in [-0.25, -0.2) is 5.48 Å². The number of carbonyl (C=O) groups excluding carboxylic acids is 1. The zero-order valence-corrected chi connectivity index (χ0v) is 6.66. The predicted octanol–water partition coefficient (Wildman–Crippen LogP) is 0.696. The van der Waals surface area contributed by atoms with E-state index < -0.39 is 5.91 Å². The first-order valence-corrected chi connectivity index (χ1v) is 3.46. The van der Waals surface area contributed by atoms with Gasteiger partial charge in [0.15, 0.2) is 0 Å². The van der Waals surface area contributed by atoms with Gasteiger partial charge in [0.2, 0.25) is 0 Å². The Morgan fingerprint density at radius 3 is 2.83 bits per heavy atom. The lowest BCUT2D eigenvalue weighted by Gasteiger charge is -2.05. The molecule has 4 heteroatoms. The van der Waals surface area contributed by atoms with Crippen molar-refractivity contribution in [2.75, 3.05) is 5.73 Å². The van der Waals surface area contributed by atoms with E-state index in [1.54, 1.807) is 30.6 Å². The standard InChI is InChI=1S/C8H10N2O2/c1-5-6(8(11)10-12)3-2-4-7(5)9/h2-4,12H,9H2,1H3,(H,10,11). The summed E-state index contributed by atoms with van der Waals surface area (Å²) in [6.45, 7) is 1.72. The van der Waals surface area contributed by atoms with Gasteiger partial charge in [0.25, 0.3) is 5.91 Å². The van der Waals surface area contributed by atoms with E-state index >= 15 is 0 Å². The fourth-order valence-corrected chi connectivity index (χ4v) is 0.960. The Hall–Kier alpha value is -1.55. The summed E-state index contributed by atoms with van der Waals surface area (Å²) in [5.74, 6) is -0.542. The third kappa shape index (κ3) is 1.38. The number of benzene rings is 1. The fraction of sp³-hybridized carbons (Fsp3) is 0.125. The Morgan fingerprint density at radius 2 is 2.25 bits per heavy atom. The molecule has 0 radical (unpaired) electrons. The van der Waals surface area contributed by atoms with Crippen LogP contribution in [0.4, 0.5) is 5.69 Å². The first kappa shape index (κ1) is 8.55. The van der Waals surface area contributed by atoms with Crippen LogP contribution in [-0.2, 0) is 0 Å². The number of carbonyl (C=O) groups is 1. The van der Waals surface area contributed by atoms with Gasteiger partial charge < -0.3 is 5.73 Å². The number of rotatable bonds is 1. The van der Waals surface area contributed by atoms with Gasteiger partial charge in [-0.1, -0.05) is 6.07 Å². The summed E-state index contributed by atoms with van der Waals surface area (Å²) in [7, 11) is 0. The number of anilines is 1. The van der Waals surface area contributed by atoms with Crippen LogP contribution in [0.25, 0.3) is 0 Å². The number of amides is 1. The Labute approximate surface area is 70.0 Å². The van der Waals surface area contributed by atoms with Crippen LogP contribution in [0, 0.1) is 6.92 Å². The van der Waals surface area contributed by atoms with Crippen LogP contribution in [0.15, 0.2) is 18.2 Å². The van der Waals surface area contributed by atoms with Gasteiger partial charge in [0, 0.05) is 11.3 Å². The van der Waals surface area contributed by atoms with Crippen LogP contribution >= 0.6 is 0 Å². The number of hydrogen-bond donors (Lipinski definition) is 3. The van der Waals surface area contributed by atoms with Crippen LogP contribution in [0.1, 0.15) is 15.9 Å². The van der Waals surface area contributed by atoms with E-state index in [0.29, 0.717) is 16.8 Å². The van der Waals surface area contributed by atoms with Crippen molar-refractivity contribution in [3.05, 3.63) is 29.3 Å². The molecular weight excluding hydrogens is 156 g/mol. The number of hydrogen-bond acceptors (Lipinski definition) is 3. The Kier molecular flexibility index (Phi) is 2.30. The summed E-state index contributed by atoms with van der Waals surface area (Å²) in [4.78, 5) is 11.0. The SMILES string of the molecule is Cc1c(N)cccc1C(=O)NO. The largest absolute Gasteiger partial charge is 0.398 e. The molecule has 0 bridgehead atoms. The first-order valence-electron chi connectivity index (χ1n) is 3.46. The van der Waals surface area contributed by atoms with Crippen molar-refractivity contribution in [1.29, 1.82) is 0 Å². The van der Waals surface area contributed by atoms with Crippen LogP contribution in [0.3, 0.4) is 0 Å². The highest BCUT2D eigenvalue weighted by atomic mass is 16.5. The van der Waals surface area contributed by atoms with Gasteiger partial charge in [-0.2, -0.15) is 0 Å². The topological polar surface area (TPSA) is 75.4 Å². The van der Waals surface area contributed by atoms with Crippen LogP contribution < -0.4 is 11.2 Å². The third-order valence-corrected chi connectivity index (χ3v) is 1.72. The van der Waals surface area contributed by atoms with E-state index in [0.717, 1.165) is 0 Å². The van der Waals surface area contributed by atoms with Crippen LogP contribution in [0.5, 0.6) is 0 Å². The highest BCUT2D eigenvalue weighted by Crippen LogP contribution is 2.14. The average Bonchev–Trinajstić information content (AvgIpc) is 2.08. The molecular formula is C8H10N2O2. The van der Waals surface area contributed by atoms with Gasteiger partial charge in [0.1, 0.15) is 0 Å². The van der Waals surface area contributed by atoms with Crippen molar-refractivity contribution >= 4 is 11.6 Å². The van der Waals surface area contributed by atoms with E-state index in [4.69, 9.17) is 10.9 Å². The Balaban J connectivity index is 3.16. The summed E-state index contributed by atoms with van der Waals surface area (Å²) < 4.78 is 0. The summed E-state index contributed by atoms with van der Waals surface area (Å²) in [5.41, 5.74) is 8.70. The summed E-state index contributed by atoms with van der Waals surface area (Å²) in [6.07, 6.45) is 0. The second-order valence-electron chi connectivity index (χ2n) is 2.46. The summed E-state index contributed by atoms with van der Waals surface area (Å²) in [5, 5.41) is 8.36. The maximum Gasteiger partial charge on any atom is 0.274 e. The summed E-state index contributed by atoms with van der Waals surface area (Å²) >= 11 is 0. The van der Waals surface area contributed by atoms with Crippen LogP contribution in [-0.4, -0.2) is 11.1 Å². The number of nitrogens with two attached hydrogens (primary N) is 1. The van der Waals surface area contributed by atoms with Crippen molar-refractivity contribution in [2.24, 2.45) is 0 Å². The third-order valence-electron chi connectivity index (χ3n) is 1.72. The minimum absolute atomic E-state index is 0.387. The molecule has 1 amide bonds. The maximum atomic E-state index is 11.0. The zero-order chi connectivity index (χ0) is 9.14. The normalized spacial score (nSPS) is 9.50. The van der Waals surface area contributed by atoms with E-state index in [1.165, 1.54) is 0 Å².